The molecule has 4 N–H and O–H groups in total. The number of nitro groups is 1. The van der Waals surface area contributed by atoms with Gasteiger partial charge in [0.25, 0.3) is 11.5 Å². The van der Waals surface area contributed by atoms with E-state index < -0.39 is 107 Å². The van der Waals surface area contributed by atoms with E-state index in [-0.39, 0.29) is 6.07 Å². The zero-order valence-electron chi connectivity index (χ0n) is 26.9. The van der Waals surface area contributed by atoms with Crippen LogP contribution in [-0.2, 0) is 31.8 Å². The van der Waals surface area contributed by atoms with Gasteiger partial charge in [0, 0.05) is 12.7 Å². The maximum absolute atomic E-state index is 14.0. The summed E-state index contributed by atoms with van der Waals surface area (Å²) in [6, 6.07) is 7.62. The minimum absolute atomic E-state index is 0.0622. The van der Waals surface area contributed by atoms with Crippen LogP contribution in [0.4, 0.5) is 42.6 Å². The van der Waals surface area contributed by atoms with Gasteiger partial charge in [-0.15, -0.1) is 0 Å². The zero-order valence-corrected chi connectivity index (χ0v) is 26.9. The Kier molecular flexibility index (Phi) is 12.9. The number of carboxylic acid groups (broad SMARTS) is 1. The standard InChI is InChI=1S/C29H35F6N5O9/c1-25(2,3)49-24(44)39-38-22(41)20-19(40(45)46)14-18(28(30,31)32)21(36-20)37-26(4,5)16-47-13-9-12-27(23(42)43,29(33,34)35)48-15-17-10-7-6-8-11-17/h6-8,10-11,14H,9,12-13,15-16H2,1-5H3,(H,36,37)(H,38,41)(H,39,44)(H,42,43). The second kappa shape index (κ2) is 15.7. The van der Waals surface area contributed by atoms with E-state index in [1.54, 1.807) is 16.9 Å². The lowest BCUT2D eigenvalue weighted by atomic mass is 9.96. The number of pyridine rings is 1. The maximum atomic E-state index is 14.0. The van der Waals surface area contributed by atoms with Crippen LogP contribution < -0.4 is 16.2 Å². The monoisotopic (exact) mass is 711 g/mol. The Bertz CT molecular complexity index is 1500. The molecule has 20 heteroatoms. The van der Waals surface area contributed by atoms with Crippen molar-refractivity contribution in [2.24, 2.45) is 0 Å². The lowest BCUT2D eigenvalue weighted by Gasteiger charge is -2.32. The highest BCUT2D eigenvalue weighted by Gasteiger charge is 2.62. The number of carbonyl (C=O) groups excluding carboxylic acids is 2. The summed E-state index contributed by atoms with van der Waals surface area (Å²) < 4.78 is 98.9. The number of amides is 2. The summed E-state index contributed by atoms with van der Waals surface area (Å²) in [5, 5.41) is 23.4. The quantitative estimate of drug-likeness (QED) is 0.0806. The summed E-state index contributed by atoms with van der Waals surface area (Å²) >= 11 is 0. The summed E-state index contributed by atoms with van der Waals surface area (Å²) in [5.74, 6) is -4.79. The number of aromatic nitrogens is 1. The van der Waals surface area contributed by atoms with E-state index in [0.717, 1.165) is 0 Å². The van der Waals surface area contributed by atoms with Gasteiger partial charge in [0.15, 0.2) is 0 Å². The van der Waals surface area contributed by atoms with Crippen molar-refractivity contribution < 1.29 is 65.0 Å². The van der Waals surface area contributed by atoms with Gasteiger partial charge in [-0.05, 0) is 53.0 Å². The number of hydrogen-bond donors (Lipinski definition) is 4. The zero-order chi connectivity index (χ0) is 37.4. The third-order valence-corrected chi connectivity index (χ3v) is 6.27. The van der Waals surface area contributed by atoms with Crippen molar-refractivity contribution >= 4 is 29.5 Å². The molecule has 272 valence electrons. The molecule has 2 rings (SSSR count). The molecule has 1 unspecified atom stereocenters. The first-order chi connectivity index (χ1) is 22.4. The third kappa shape index (κ3) is 11.7. The highest BCUT2D eigenvalue weighted by atomic mass is 19.4. The first kappa shape index (κ1) is 40.5. The molecule has 0 saturated heterocycles. The topological polar surface area (TPSA) is 191 Å². The SMILES string of the molecule is CC(C)(COCCCC(OCc1ccccc1)(C(=O)O)C(F)(F)F)Nc1nc(C(=O)NNC(=O)OC(C)(C)C)c([N+](=O)[O-])cc1C(F)(F)F. The number of aliphatic carboxylic acids is 1. The Balaban J connectivity index is 2.21. The van der Waals surface area contributed by atoms with Crippen LogP contribution in [0.25, 0.3) is 0 Å². The molecule has 49 heavy (non-hydrogen) atoms. The fraction of sp³-hybridized carbons (Fsp3) is 0.517. The average Bonchev–Trinajstić information content (AvgIpc) is 2.95. The molecular weight excluding hydrogens is 676 g/mol. The van der Waals surface area contributed by atoms with Crippen LogP contribution in [-0.4, -0.2) is 69.1 Å². The predicted octanol–water partition coefficient (Wildman–Crippen LogP) is 5.77. The first-order valence-electron chi connectivity index (χ1n) is 14.3. The minimum Gasteiger partial charge on any atom is -0.479 e. The molecule has 0 bridgehead atoms. The molecule has 0 spiro atoms. The van der Waals surface area contributed by atoms with E-state index in [9.17, 15) is 55.9 Å². The number of carboxylic acids is 1. The van der Waals surface area contributed by atoms with Gasteiger partial charge in [0.1, 0.15) is 17.0 Å². The summed E-state index contributed by atoms with van der Waals surface area (Å²) in [4.78, 5) is 50.2. The highest BCUT2D eigenvalue weighted by Crippen LogP contribution is 2.40. The van der Waals surface area contributed by atoms with Crippen LogP contribution in [0.5, 0.6) is 0 Å². The second-order valence-electron chi connectivity index (χ2n) is 12.2. The van der Waals surface area contributed by atoms with Gasteiger partial charge in [-0.25, -0.2) is 20.0 Å². The molecule has 1 aromatic carbocycles. The van der Waals surface area contributed by atoms with Gasteiger partial charge in [0.05, 0.1) is 23.7 Å². The van der Waals surface area contributed by atoms with Crippen molar-refractivity contribution in [1.82, 2.24) is 15.8 Å². The van der Waals surface area contributed by atoms with E-state index in [4.69, 9.17) is 14.2 Å². The van der Waals surface area contributed by atoms with Crippen LogP contribution in [0.2, 0.25) is 0 Å². The molecule has 0 radical (unpaired) electrons. The molecule has 0 aliphatic rings. The molecule has 1 atom stereocenters. The smallest absolute Gasteiger partial charge is 0.428 e. The van der Waals surface area contributed by atoms with Crippen LogP contribution in [0.1, 0.15) is 69.1 Å². The van der Waals surface area contributed by atoms with Crippen molar-refractivity contribution in [1.29, 1.82) is 0 Å². The van der Waals surface area contributed by atoms with Gasteiger partial charge in [-0.2, -0.15) is 26.3 Å². The lowest BCUT2D eigenvalue weighted by Crippen LogP contribution is -2.54. The molecule has 2 amide bonds. The Labute approximate surface area is 275 Å². The summed E-state index contributed by atoms with van der Waals surface area (Å²) in [6.07, 6.45) is -13.3. The van der Waals surface area contributed by atoms with Crippen LogP contribution in [0.15, 0.2) is 36.4 Å². The normalized spacial score (nSPS) is 13.6. The van der Waals surface area contributed by atoms with Gasteiger partial charge >= 0.3 is 30.1 Å². The van der Waals surface area contributed by atoms with E-state index >= 15 is 0 Å². The number of benzene rings is 1. The summed E-state index contributed by atoms with van der Waals surface area (Å²) in [6.45, 7) is 5.41. The van der Waals surface area contributed by atoms with Crippen molar-refractivity contribution in [2.75, 3.05) is 18.5 Å². The molecule has 1 heterocycles. The fourth-order valence-electron chi connectivity index (χ4n) is 4.06. The van der Waals surface area contributed by atoms with Crippen molar-refractivity contribution in [3.05, 3.63) is 63.3 Å². The van der Waals surface area contributed by atoms with E-state index in [0.29, 0.717) is 5.56 Å². The number of nitrogens with zero attached hydrogens (tertiary/aromatic N) is 2. The molecule has 1 aromatic heterocycles. The van der Waals surface area contributed by atoms with Crippen LogP contribution in [0, 0.1) is 10.1 Å². The highest BCUT2D eigenvalue weighted by molar-refractivity contribution is 5.97. The number of hydrogen-bond acceptors (Lipinski definition) is 10. The van der Waals surface area contributed by atoms with Crippen molar-refractivity contribution in [3.8, 4) is 0 Å². The Morgan fingerprint density at radius 3 is 2.10 bits per heavy atom. The first-order valence-corrected chi connectivity index (χ1v) is 14.3. The maximum Gasteiger partial charge on any atom is 0.428 e. The molecule has 0 fully saturated rings. The Hall–Kier alpha value is -4.72. The molecule has 0 aliphatic heterocycles. The Morgan fingerprint density at radius 1 is 0.980 bits per heavy atom. The molecule has 14 nitrogen and oxygen atoms in total. The van der Waals surface area contributed by atoms with Gasteiger partial charge < -0.3 is 24.6 Å². The number of ether oxygens (including phenoxy) is 3. The lowest BCUT2D eigenvalue weighted by molar-refractivity contribution is -0.385. The average molecular weight is 712 g/mol. The minimum atomic E-state index is -5.32. The fourth-order valence-corrected chi connectivity index (χ4v) is 4.06. The number of alkyl halides is 6. The number of nitrogens with one attached hydrogen (secondary N) is 3. The second-order valence-corrected chi connectivity index (χ2v) is 12.2. The largest absolute Gasteiger partial charge is 0.479 e. The van der Waals surface area contributed by atoms with Crippen molar-refractivity contribution in [3.63, 3.8) is 0 Å². The number of anilines is 1. The predicted molar refractivity (Wildman–Crippen MR) is 158 cm³/mol. The van der Waals surface area contributed by atoms with Crippen LogP contribution >= 0.6 is 0 Å². The number of halogens is 6. The van der Waals surface area contributed by atoms with Crippen LogP contribution in [0.3, 0.4) is 0 Å². The third-order valence-electron chi connectivity index (χ3n) is 6.27. The van der Waals surface area contributed by atoms with E-state index in [2.05, 4.69) is 10.3 Å². The van der Waals surface area contributed by atoms with Gasteiger partial charge in [0.2, 0.25) is 5.69 Å². The van der Waals surface area contributed by atoms with Gasteiger partial charge in [-0.1, -0.05) is 30.3 Å². The molecule has 0 saturated carbocycles. The summed E-state index contributed by atoms with van der Waals surface area (Å²) in [5.41, 5.74) is -6.37. The number of hydrazine groups is 1. The van der Waals surface area contributed by atoms with E-state index in [1.165, 1.54) is 58.9 Å². The van der Waals surface area contributed by atoms with Crippen molar-refractivity contribution in [2.45, 2.75) is 83.2 Å². The summed E-state index contributed by atoms with van der Waals surface area (Å²) in [7, 11) is 0. The molecule has 0 aliphatic carbocycles. The molecule has 2 aromatic rings. The van der Waals surface area contributed by atoms with E-state index in [1.807, 2.05) is 0 Å². The van der Waals surface area contributed by atoms with Gasteiger partial charge in [-0.3, -0.25) is 20.3 Å². The number of carbonyl (C=O) groups is 3. The number of rotatable bonds is 14. The molecular formula is C29H35F6N5O9. The Morgan fingerprint density at radius 2 is 1.59 bits per heavy atom.